The third-order valence-corrected chi connectivity index (χ3v) is 5.32. The van der Waals surface area contributed by atoms with Crippen molar-refractivity contribution in [1.29, 1.82) is 0 Å². The molecule has 1 aliphatic rings. The Kier molecular flexibility index (Phi) is 6.48. The number of amides is 1. The van der Waals surface area contributed by atoms with Crippen LogP contribution in [0.15, 0.2) is 42.7 Å². The monoisotopic (exact) mass is 437 g/mol. The van der Waals surface area contributed by atoms with E-state index in [4.69, 9.17) is 14.5 Å². The van der Waals surface area contributed by atoms with E-state index in [-0.39, 0.29) is 18.6 Å². The standard InChI is InChI=1S/C23H27N5O4/c1-15(29)23(30)28-10-11-31-18(13-28)14-32-22-21-20(24-8-9-25-21)12-19(26-22)16-4-6-17(7-5-16)27(2)3/h4-9,12,15,18,29H,10-11,13-14H2,1-3H3/t15-,18+/m1/s1. The maximum Gasteiger partial charge on any atom is 0.251 e. The van der Waals surface area contributed by atoms with E-state index in [0.29, 0.717) is 36.6 Å². The molecule has 9 nitrogen and oxygen atoms in total. The van der Waals surface area contributed by atoms with Gasteiger partial charge in [-0.2, -0.15) is 0 Å². The Balaban J connectivity index is 1.56. The number of hydrogen-bond acceptors (Lipinski definition) is 8. The Labute approximate surface area is 186 Å². The lowest BCUT2D eigenvalue weighted by atomic mass is 10.1. The summed E-state index contributed by atoms with van der Waals surface area (Å²) < 4.78 is 11.8. The zero-order chi connectivity index (χ0) is 22.7. The van der Waals surface area contributed by atoms with Gasteiger partial charge in [0.1, 0.15) is 18.8 Å². The van der Waals surface area contributed by atoms with Crippen molar-refractivity contribution >= 4 is 22.6 Å². The van der Waals surface area contributed by atoms with Gasteiger partial charge in [0.25, 0.3) is 5.91 Å². The van der Waals surface area contributed by atoms with E-state index in [1.54, 1.807) is 17.3 Å². The normalized spacial score (nSPS) is 17.2. The molecule has 0 aliphatic carbocycles. The summed E-state index contributed by atoms with van der Waals surface area (Å²) in [6.07, 6.45) is 1.87. The molecule has 0 saturated carbocycles. The molecule has 0 spiro atoms. The van der Waals surface area contributed by atoms with Crippen LogP contribution < -0.4 is 9.64 Å². The molecule has 1 fully saturated rings. The van der Waals surface area contributed by atoms with Gasteiger partial charge in [0.2, 0.25) is 5.88 Å². The zero-order valence-corrected chi connectivity index (χ0v) is 18.4. The van der Waals surface area contributed by atoms with Crippen molar-refractivity contribution in [3.05, 3.63) is 42.7 Å². The maximum atomic E-state index is 12.1. The summed E-state index contributed by atoms with van der Waals surface area (Å²) in [5.74, 6) is 0.0563. The van der Waals surface area contributed by atoms with E-state index in [1.165, 1.54) is 6.92 Å². The molecule has 1 N–H and O–H groups in total. The van der Waals surface area contributed by atoms with Gasteiger partial charge in [-0.15, -0.1) is 0 Å². The first-order chi connectivity index (χ1) is 15.4. The molecule has 0 unspecified atom stereocenters. The van der Waals surface area contributed by atoms with Crippen molar-refractivity contribution in [1.82, 2.24) is 19.9 Å². The van der Waals surface area contributed by atoms with E-state index in [2.05, 4.69) is 9.97 Å². The minimum atomic E-state index is -1.04. The van der Waals surface area contributed by atoms with Crippen LogP contribution in [0.5, 0.6) is 5.88 Å². The zero-order valence-electron chi connectivity index (χ0n) is 18.4. The molecule has 1 saturated heterocycles. The molecule has 9 heteroatoms. The number of carbonyl (C=O) groups excluding carboxylic acids is 1. The molecule has 1 aliphatic heterocycles. The fourth-order valence-corrected chi connectivity index (χ4v) is 3.58. The van der Waals surface area contributed by atoms with Crippen LogP contribution in [0, 0.1) is 0 Å². The van der Waals surface area contributed by atoms with E-state index < -0.39 is 6.10 Å². The molecule has 1 aromatic carbocycles. The van der Waals surface area contributed by atoms with Crippen molar-refractivity contribution < 1.29 is 19.4 Å². The second-order valence-electron chi connectivity index (χ2n) is 7.94. The summed E-state index contributed by atoms with van der Waals surface area (Å²) in [7, 11) is 3.99. The van der Waals surface area contributed by atoms with Crippen LogP contribution in [-0.2, 0) is 9.53 Å². The topological polar surface area (TPSA) is 101 Å². The Hall–Kier alpha value is -3.30. The number of aliphatic hydroxyl groups is 1. The fraction of sp³-hybridized carbons (Fsp3) is 0.391. The predicted octanol–water partition coefficient (Wildman–Crippen LogP) is 1.74. The number of hydrogen-bond donors (Lipinski definition) is 1. The minimum absolute atomic E-state index is 0.200. The number of benzene rings is 1. The highest BCUT2D eigenvalue weighted by Gasteiger charge is 2.27. The molecule has 2 aromatic heterocycles. The lowest BCUT2D eigenvalue weighted by Crippen LogP contribution is -2.50. The molecule has 32 heavy (non-hydrogen) atoms. The summed E-state index contributed by atoms with van der Waals surface area (Å²) in [5, 5.41) is 9.58. The summed E-state index contributed by atoms with van der Waals surface area (Å²) in [6, 6.07) is 9.96. The number of fused-ring (bicyclic) bond motifs is 1. The maximum absolute atomic E-state index is 12.1. The number of pyridine rings is 1. The number of ether oxygens (including phenoxy) is 2. The van der Waals surface area contributed by atoms with Gasteiger partial charge >= 0.3 is 0 Å². The first-order valence-corrected chi connectivity index (χ1v) is 10.5. The summed E-state index contributed by atoms with van der Waals surface area (Å²) >= 11 is 0. The second-order valence-corrected chi connectivity index (χ2v) is 7.94. The molecule has 4 rings (SSSR count). The number of morpholine rings is 1. The highest BCUT2D eigenvalue weighted by Crippen LogP contribution is 2.28. The van der Waals surface area contributed by atoms with E-state index >= 15 is 0 Å². The minimum Gasteiger partial charge on any atom is -0.473 e. The van der Waals surface area contributed by atoms with Gasteiger partial charge in [-0.25, -0.2) is 9.97 Å². The highest BCUT2D eigenvalue weighted by molar-refractivity contribution is 5.83. The van der Waals surface area contributed by atoms with Crippen LogP contribution in [0.3, 0.4) is 0 Å². The predicted molar refractivity (Wildman–Crippen MR) is 121 cm³/mol. The van der Waals surface area contributed by atoms with Gasteiger partial charge in [0.05, 0.1) is 24.4 Å². The SMILES string of the molecule is C[C@@H](O)C(=O)N1CCO[C@H](COc2nc(-c3ccc(N(C)C)cc3)cc3nccnc23)C1. The van der Waals surface area contributed by atoms with Crippen molar-refractivity contribution in [3.8, 4) is 17.1 Å². The summed E-state index contributed by atoms with van der Waals surface area (Å²) in [4.78, 5) is 29.2. The Morgan fingerprint density at radius 2 is 2.03 bits per heavy atom. The van der Waals surface area contributed by atoms with Gasteiger partial charge < -0.3 is 24.4 Å². The Morgan fingerprint density at radius 3 is 2.75 bits per heavy atom. The number of aromatic nitrogens is 3. The number of rotatable bonds is 6. The molecular formula is C23H27N5O4. The van der Waals surface area contributed by atoms with Crippen LogP contribution in [0.4, 0.5) is 5.69 Å². The van der Waals surface area contributed by atoms with Crippen LogP contribution >= 0.6 is 0 Å². The van der Waals surface area contributed by atoms with Crippen LogP contribution in [0.25, 0.3) is 22.3 Å². The van der Waals surface area contributed by atoms with E-state index in [0.717, 1.165) is 16.9 Å². The first-order valence-electron chi connectivity index (χ1n) is 10.5. The average molecular weight is 438 g/mol. The van der Waals surface area contributed by atoms with Crippen molar-refractivity contribution in [3.63, 3.8) is 0 Å². The second kappa shape index (κ2) is 9.46. The van der Waals surface area contributed by atoms with Gasteiger partial charge in [-0.3, -0.25) is 9.78 Å². The van der Waals surface area contributed by atoms with Crippen LogP contribution in [-0.4, -0.2) is 83.5 Å². The van der Waals surface area contributed by atoms with Crippen molar-refractivity contribution in [2.75, 3.05) is 45.3 Å². The molecule has 0 radical (unpaired) electrons. The van der Waals surface area contributed by atoms with Gasteiger partial charge in [-0.1, -0.05) is 12.1 Å². The van der Waals surface area contributed by atoms with Crippen LogP contribution in [0.2, 0.25) is 0 Å². The average Bonchev–Trinajstić information content (AvgIpc) is 2.82. The van der Waals surface area contributed by atoms with Crippen molar-refractivity contribution in [2.45, 2.75) is 19.1 Å². The molecule has 2 atom stereocenters. The third-order valence-electron chi connectivity index (χ3n) is 5.32. The quantitative estimate of drug-likeness (QED) is 0.622. The lowest BCUT2D eigenvalue weighted by Gasteiger charge is -2.33. The summed E-state index contributed by atoms with van der Waals surface area (Å²) in [6.45, 7) is 2.85. The number of nitrogens with zero attached hydrogens (tertiary/aromatic N) is 5. The van der Waals surface area contributed by atoms with Crippen LogP contribution in [0.1, 0.15) is 6.92 Å². The van der Waals surface area contributed by atoms with Gasteiger partial charge in [0, 0.05) is 44.3 Å². The lowest BCUT2D eigenvalue weighted by molar-refractivity contribution is -0.147. The van der Waals surface area contributed by atoms with E-state index in [9.17, 15) is 9.90 Å². The third kappa shape index (κ3) is 4.79. The number of carbonyl (C=O) groups is 1. The number of aliphatic hydroxyl groups excluding tert-OH is 1. The fourth-order valence-electron chi connectivity index (χ4n) is 3.58. The summed E-state index contributed by atoms with van der Waals surface area (Å²) in [5.41, 5.74) is 4.01. The van der Waals surface area contributed by atoms with Gasteiger partial charge in [0.15, 0.2) is 5.52 Å². The smallest absolute Gasteiger partial charge is 0.251 e. The Bertz CT molecular complexity index is 1090. The molecule has 3 heterocycles. The Morgan fingerprint density at radius 1 is 1.28 bits per heavy atom. The molecular weight excluding hydrogens is 410 g/mol. The first kappa shape index (κ1) is 21.9. The molecule has 1 amide bonds. The molecule has 3 aromatic rings. The van der Waals surface area contributed by atoms with Gasteiger partial charge in [-0.05, 0) is 25.1 Å². The number of anilines is 1. The van der Waals surface area contributed by atoms with E-state index in [1.807, 2.05) is 49.3 Å². The molecule has 168 valence electrons. The molecule has 0 bridgehead atoms. The largest absolute Gasteiger partial charge is 0.473 e. The van der Waals surface area contributed by atoms with Crippen molar-refractivity contribution in [2.24, 2.45) is 0 Å². The highest BCUT2D eigenvalue weighted by atomic mass is 16.5.